The SMILES string of the molecule is COc1ncc(-c2ccc3ncn(C4CCN(C(C)C)CC4)c(=O)c3c2)cc1C. The van der Waals surface area contributed by atoms with Crippen LogP contribution in [-0.2, 0) is 0 Å². The Hall–Kier alpha value is -2.73. The van der Waals surface area contributed by atoms with Gasteiger partial charge in [0.1, 0.15) is 0 Å². The van der Waals surface area contributed by atoms with Gasteiger partial charge in [0.15, 0.2) is 0 Å². The zero-order valence-electron chi connectivity index (χ0n) is 17.6. The van der Waals surface area contributed by atoms with Gasteiger partial charge in [0.25, 0.3) is 5.56 Å². The van der Waals surface area contributed by atoms with Gasteiger partial charge in [-0.2, -0.15) is 0 Å². The number of hydrogen-bond acceptors (Lipinski definition) is 5. The number of likely N-dealkylation sites (tertiary alicyclic amines) is 1. The summed E-state index contributed by atoms with van der Waals surface area (Å²) in [6.45, 7) is 8.45. The maximum Gasteiger partial charge on any atom is 0.261 e. The van der Waals surface area contributed by atoms with Crippen molar-refractivity contribution in [3.8, 4) is 17.0 Å². The molecule has 0 aliphatic carbocycles. The molecule has 2 aromatic heterocycles. The molecule has 152 valence electrons. The third-order valence-corrected chi connectivity index (χ3v) is 5.96. The van der Waals surface area contributed by atoms with Gasteiger partial charge in [0.2, 0.25) is 5.88 Å². The van der Waals surface area contributed by atoms with Crippen molar-refractivity contribution in [3.05, 3.63) is 52.7 Å². The molecule has 0 N–H and O–H groups in total. The minimum atomic E-state index is 0.0399. The van der Waals surface area contributed by atoms with Gasteiger partial charge in [0, 0.05) is 42.5 Å². The fourth-order valence-electron chi connectivity index (χ4n) is 4.19. The average Bonchev–Trinajstić information content (AvgIpc) is 2.74. The van der Waals surface area contributed by atoms with E-state index in [4.69, 9.17) is 4.74 Å². The van der Waals surface area contributed by atoms with Gasteiger partial charge < -0.3 is 9.64 Å². The lowest BCUT2D eigenvalue weighted by molar-refractivity contribution is 0.150. The van der Waals surface area contributed by atoms with Crippen LogP contribution >= 0.6 is 0 Å². The summed E-state index contributed by atoms with van der Waals surface area (Å²) in [5.41, 5.74) is 3.66. The number of rotatable bonds is 4. The lowest BCUT2D eigenvalue weighted by Crippen LogP contribution is -2.40. The van der Waals surface area contributed by atoms with E-state index >= 15 is 0 Å². The maximum absolute atomic E-state index is 13.3. The highest BCUT2D eigenvalue weighted by atomic mass is 16.5. The first-order chi connectivity index (χ1) is 14.0. The van der Waals surface area contributed by atoms with E-state index in [1.54, 1.807) is 19.6 Å². The van der Waals surface area contributed by atoms with Crippen molar-refractivity contribution in [1.82, 2.24) is 19.4 Å². The summed E-state index contributed by atoms with van der Waals surface area (Å²) in [5, 5.41) is 0.657. The van der Waals surface area contributed by atoms with Crippen molar-refractivity contribution in [2.45, 2.75) is 45.7 Å². The number of hydrogen-bond donors (Lipinski definition) is 0. The fraction of sp³-hybridized carbons (Fsp3) is 0.435. The third-order valence-electron chi connectivity index (χ3n) is 5.96. The Morgan fingerprint density at radius 1 is 1.10 bits per heavy atom. The number of piperidine rings is 1. The van der Waals surface area contributed by atoms with Gasteiger partial charge in [-0.15, -0.1) is 0 Å². The second kappa shape index (κ2) is 7.95. The molecule has 1 aliphatic heterocycles. The molecule has 0 saturated carbocycles. The Balaban J connectivity index is 1.69. The van der Waals surface area contributed by atoms with Crippen LogP contribution in [0.1, 0.15) is 38.3 Å². The van der Waals surface area contributed by atoms with Crippen LogP contribution < -0.4 is 10.3 Å². The Labute approximate surface area is 171 Å². The number of methoxy groups -OCH3 is 1. The monoisotopic (exact) mass is 392 g/mol. The third kappa shape index (κ3) is 3.77. The molecule has 29 heavy (non-hydrogen) atoms. The lowest BCUT2D eigenvalue weighted by Gasteiger charge is -2.35. The highest BCUT2D eigenvalue weighted by Gasteiger charge is 2.23. The summed E-state index contributed by atoms with van der Waals surface area (Å²) in [5.74, 6) is 0.617. The van der Waals surface area contributed by atoms with Gasteiger partial charge in [-0.1, -0.05) is 6.07 Å². The maximum atomic E-state index is 13.3. The highest BCUT2D eigenvalue weighted by Crippen LogP contribution is 2.27. The molecule has 1 saturated heterocycles. The van der Waals surface area contributed by atoms with E-state index in [2.05, 4.69) is 28.7 Å². The number of aromatic nitrogens is 3. The van der Waals surface area contributed by atoms with E-state index in [0.717, 1.165) is 48.1 Å². The zero-order chi connectivity index (χ0) is 20.5. The van der Waals surface area contributed by atoms with Crippen LogP contribution in [0.3, 0.4) is 0 Å². The molecule has 0 spiro atoms. The van der Waals surface area contributed by atoms with Gasteiger partial charge in [-0.25, -0.2) is 9.97 Å². The summed E-state index contributed by atoms with van der Waals surface area (Å²) in [4.78, 5) is 24.7. The van der Waals surface area contributed by atoms with E-state index < -0.39 is 0 Å². The first kappa shape index (κ1) is 19.6. The van der Waals surface area contributed by atoms with Gasteiger partial charge >= 0.3 is 0 Å². The summed E-state index contributed by atoms with van der Waals surface area (Å²) >= 11 is 0. The van der Waals surface area contributed by atoms with E-state index in [0.29, 0.717) is 17.3 Å². The van der Waals surface area contributed by atoms with Crippen LogP contribution in [0.15, 0.2) is 41.6 Å². The normalized spacial score (nSPS) is 15.9. The lowest BCUT2D eigenvalue weighted by atomic mass is 10.0. The second-order valence-corrected chi connectivity index (χ2v) is 8.10. The summed E-state index contributed by atoms with van der Waals surface area (Å²) in [6.07, 6.45) is 5.46. The molecule has 0 amide bonds. The molecule has 0 bridgehead atoms. The number of pyridine rings is 1. The molecule has 3 heterocycles. The Morgan fingerprint density at radius 3 is 2.52 bits per heavy atom. The molecule has 0 atom stereocenters. The summed E-state index contributed by atoms with van der Waals surface area (Å²) in [7, 11) is 1.62. The largest absolute Gasteiger partial charge is 0.481 e. The number of aryl methyl sites for hydroxylation is 1. The Bertz CT molecular complexity index is 1080. The molecule has 1 aliphatic rings. The minimum Gasteiger partial charge on any atom is -0.481 e. The van der Waals surface area contributed by atoms with Crippen molar-refractivity contribution >= 4 is 10.9 Å². The highest BCUT2D eigenvalue weighted by molar-refractivity contribution is 5.83. The predicted molar refractivity (Wildman–Crippen MR) is 116 cm³/mol. The molecule has 6 nitrogen and oxygen atoms in total. The number of benzene rings is 1. The van der Waals surface area contributed by atoms with Crippen LogP contribution in [0.2, 0.25) is 0 Å². The van der Waals surface area contributed by atoms with Gasteiger partial charge in [-0.3, -0.25) is 9.36 Å². The summed E-state index contributed by atoms with van der Waals surface area (Å²) < 4.78 is 7.09. The quantitative estimate of drug-likeness (QED) is 0.675. The molecule has 3 aromatic rings. The molecule has 4 rings (SSSR count). The fourth-order valence-corrected chi connectivity index (χ4v) is 4.19. The minimum absolute atomic E-state index is 0.0399. The molecule has 1 aromatic carbocycles. The first-order valence-electron chi connectivity index (χ1n) is 10.2. The number of fused-ring (bicyclic) bond motifs is 1. The Morgan fingerprint density at radius 2 is 1.86 bits per heavy atom. The van der Waals surface area contributed by atoms with Crippen molar-refractivity contribution in [2.75, 3.05) is 20.2 Å². The van der Waals surface area contributed by atoms with Crippen molar-refractivity contribution < 1.29 is 4.74 Å². The number of nitrogens with zero attached hydrogens (tertiary/aromatic N) is 4. The number of ether oxygens (including phenoxy) is 1. The van der Waals surface area contributed by atoms with E-state index in [9.17, 15) is 4.79 Å². The standard InChI is InChI=1S/C23H28N4O2/c1-15(2)26-9-7-19(8-10-26)27-14-25-21-6-5-17(12-20(21)23(27)28)18-11-16(3)22(29-4)24-13-18/h5-6,11-15,19H,7-10H2,1-4H3. The molecular weight excluding hydrogens is 364 g/mol. The smallest absolute Gasteiger partial charge is 0.261 e. The van der Waals surface area contributed by atoms with Crippen LogP contribution in [-0.4, -0.2) is 45.7 Å². The van der Waals surface area contributed by atoms with Crippen LogP contribution in [0, 0.1) is 6.92 Å². The van der Waals surface area contributed by atoms with Crippen molar-refractivity contribution in [3.63, 3.8) is 0 Å². The molecule has 1 fully saturated rings. The predicted octanol–water partition coefficient (Wildman–Crippen LogP) is 3.82. The Kier molecular flexibility index (Phi) is 5.37. The van der Waals surface area contributed by atoms with Crippen LogP contribution in [0.5, 0.6) is 5.88 Å². The molecule has 6 heteroatoms. The zero-order valence-corrected chi connectivity index (χ0v) is 17.6. The summed E-state index contributed by atoms with van der Waals surface area (Å²) in [6, 6.07) is 8.63. The van der Waals surface area contributed by atoms with E-state index in [-0.39, 0.29) is 11.6 Å². The van der Waals surface area contributed by atoms with Crippen molar-refractivity contribution in [2.24, 2.45) is 0 Å². The van der Waals surface area contributed by atoms with Gasteiger partial charge in [-0.05, 0) is 57.4 Å². The molecule has 0 unspecified atom stereocenters. The molecular formula is C23H28N4O2. The van der Waals surface area contributed by atoms with E-state index in [1.165, 1.54) is 0 Å². The van der Waals surface area contributed by atoms with Crippen molar-refractivity contribution in [1.29, 1.82) is 0 Å². The topological polar surface area (TPSA) is 60.3 Å². The second-order valence-electron chi connectivity index (χ2n) is 8.10. The van der Waals surface area contributed by atoms with Gasteiger partial charge in [0.05, 0.1) is 24.3 Å². The van der Waals surface area contributed by atoms with Crippen LogP contribution in [0.4, 0.5) is 0 Å². The van der Waals surface area contributed by atoms with Crippen LogP contribution in [0.25, 0.3) is 22.0 Å². The first-order valence-corrected chi connectivity index (χ1v) is 10.2. The average molecular weight is 393 g/mol. The molecule has 0 radical (unpaired) electrons. The van der Waals surface area contributed by atoms with E-state index in [1.807, 2.05) is 35.8 Å².